The number of aromatic nitrogens is 1. The molecule has 1 heterocycles. The number of hydrogen-bond donors (Lipinski definition) is 2. The minimum absolute atomic E-state index is 0.0311. The van der Waals surface area contributed by atoms with Crippen LogP contribution in [0.1, 0.15) is 49.1 Å². The van der Waals surface area contributed by atoms with Gasteiger partial charge in [-0.25, -0.2) is 13.6 Å². The quantitative estimate of drug-likeness (QED) is 0.685. The van der Waals surface area contributed by atoms with E-state index in [1.54, 1.807) is 0 Å². The fourth-order valence-electron chi connectivity index (χ4n) is 3.91. The van der Waals surface area contributed by atoms with Gasteiger partial charge in [0.2, 0.25) is 5.91 Å². The van der Waals surface area contributed by atoms with Gasteiger partial charge in [0.1, 0.15) is 17.7 Å². The summed E-state index contributed by atoms with van der Waals surface area (Å²) in [6.45, 7) is 0. The van der Waals surface area contributed by atoms with Crippen molar-refractivity contribution in [3.8, 4) is 0 Å². The second kappa shape index (κ2) is 10.5. The summed E-state index contributed by atoms with van der Waals surface area (Å²) in [5, 5.41) is 5.40. The molecule has 1 aliphatic rings. The highest BCUT2D eigenvalue weighted by molar-refractivity contribution is 6.30. The van der Waals surface area contributed by atoms with Crippen LogP contribution in [0.3, 0.4) is 0 Å². The molecule has 1 fully saturated rings. The maximum absolute atomic E-state index is 14.3. The van der Waals surface area contributed by atoms with Crippen molar-refractivity contribution in [3.05, 3.63) is 64.4 Å². The molecular weight excluding hydrogens is 428 g/mol. The maximum Gasteiger partial charge on any atom is 0.407 e. The van der Waals surface area contributed by atoms with Crippen molar-refractivity contribution < 1.29 is 23.1 Å². The van der Waals surface area contributed by atoms with Crippen LogP contribution in [0.4, 0.5) is 13.6 Å². The van der Waals surface area contributed by atoms with E-state index in [0.29, 0.717) is 11.1 Å². The fourth-order valence-corrected chi connectivity index (χ4v) is 4.02. The summed E-state index contributed by atoms with van der Waals surface area (Å²) in [5.74, 6) is -2.72. The van der Waals surface area contributed by atoms with Gasteiger partial charge in [0, 0.05) is 18.2 Å². The second-order valence-corrected chi connectivity index (χ2v) is 7.95. The van der Waals surface area contributed by atoms with Crippen molar-refractivity contribution in [2.24, 2.45) is 0 Å². The minimum Gasteiger partial charge on any atom is -0.453 e. The Morgan fingerprint density at radius 1 is 1.13 bits per heavy atom. The predicted octanol–water partition coefficient (Wildman–Crippen LogP) is 4.32. The first-order valence-electron chi connectivity index (χ1n) is 10.1. The molecule has 1 saturated carbocycles. The number of alkyl carbamates (subject to hydrolysis) is 1. The molecule has 2 atom stereocenters. The first-order chi connectivity index (χ1) is 14.9. The Morgan fingerprint density at radius 2 is 1.87 bits per heavy atom. The fraction of sp³-hybridized carbons (Fsp3) is 0.409. The number of halogens is 3. The maximum atomic E-state index is 14.3. The third kappa shape index (κ3) is 5.91. The zero-order chi connectivity index (χ0) is 22.4. The van der Waals surface area contributed by atoms with Crippen molar-refractivity contribution in [1.29, 1.82) is 0 Å². The standard InChI is InChI=1S/C22H24ClF2N3O3/c1-31-22(30)28-20(21(29)27-16-5-3-2-4-6-16)19(14-9-15(24)12-26-11-14)13-7-8-17(23)18(25)10-13/h7-12,16,19-20H,2-6H2,1H3,(H,27,29)(H,28,30). The van der Waals surface area contributed by atoms with Gasteiger partial charge in [-0.3, -0.25) is 9.78 Å². The number of nitrogens with zero attached hydrogens (tertiary/aromatic N) is 1. The van der Waals surface area contributed by atoms with Crippen LogP contribution < -0.4 is 10.6 Å². The first kappa shape index (κ1) is 22.9. The number of pyridine rings is 1. The minimum atomic E-state index is -1.20. The number of carbonyl (C=O) groups excluding carboxylic acids is 2. The van der Waals surface area contributed by atoms with Crippen LogP contribution in [0.15, 0.2) is 36.7 Å². The Bertz CT molecular complexity index is 938. The van der Waals surface area contributed by atoms with Crippen LogP contribution in [-0.2, 0) is 9.53 Å². The molecule has 1 aromatic heterocycles. The Hall–Kier alpha value is -2.74. The number of carbonyl (C=O) groups is 2. The van der Waals surface area contributed by atoms with Crippen molar-refractivity contribution >= 4 is 23.6 Å². The van der Waals surface area contributed by atoms with E-state index in [9.17, 15) is 18.4 Å². The summed E-state index contributed by atoms with van der Waals surface area (Å²) in [4.78, 5) is 29.2. The molecule has 166 valence electrons. The highest BCUT2D eigenvalue weighted by Gasteiger charge is 2.35. The Labute approximate surface area is 184 Å². The number of benzene rings is 1. The predicted molar refractivity (Wildman–Crippen MR) is 112 cm³/mol. The molecule has 9 heteroatoms. The van der Waals surface area contributed by atoms with E-state index < -0.39 is 35.6 Å². The monoisotopic (exact) mass is 451 g/mol. The molecule has 2 unspecified atom stereocenters. The van der Waals surface area contributed by atoms with Crippen LogP contribution in [0.25, 0.3) is 0 Å². The average molecular weight is 452 g/mol. The van der Waals surface area contributed by atoms with Crippen molar-refractivity contribution in [2.45, 2.75) is 50.1 Å². The molecule has 31 heavy (non-hydrogen) atoms. The topological polar surface area (TPSA) is 80.3 Å². The Morgan fingerprint density at radius 3 is 2.52 bits per heavy atom. The third-order valence-corrected chi connectivity index (χ3v) is 5.72. The summed E-state index contributed by atoms with van der Waals surface area (Å²) in [7, 11) is 1.17. The van der Waals surface area contributed by atoms with Gasteiger partial charge in [0.25, 0.3) is 0 Å². The molecule has 6 nitrogen and oxygen atoms in total. The lowest BCUT2D eigenvalue weighted by molar-refractivity contribution is -0.124. The van der Waals surface area contributed by atoms with Gasteiger partial charge in [-0.1, -0.05) is 36.9 Å². The molecule has 0 spiro atoms. The number of hydrogen-bond acceptors (Lipinski definition) is 4. The van der Waals surface area contributed by atoms with Crippen LogP contribution >= 0.6 is 11.6 Å². The molecule has 2 aromatic rings. The molecule has 3 rings (SSSR count). The summed E-state index contributed by atoms with van der Waals surface area (Å²) in [6, 6.07) is 4.01. The van der Waals surface area contributed by atoms with E-state index in [1.807, 2.05) is 0 Å². The second-order valence-electron chi connectivity index (χ2n) is 7.54. The molecule has 0 bridgehead atoms. The van der Waals surface area contributed by atoms with E-state index in [-0.39, 0.29) is 11.1 Å². The largest absolute Gasteiger partial charge is 0.453 e. The molecule has 2 amide bonds. The smallest absolute Gasteiger partial charge is 0.407 e. The number of rotatable bonds is 6. The molecule has 0 radical (unpaired) electrons. The summed E-state index contributed by atoms with van der Waals surface area (Å²) < 4.78 is 32.9. The van der Waals surface area contributed by atoms with Crippen LogP contribution in [0.2, 0.25) is 5.02 Å². The van der Waals surface area contributed by atoms with Crippen molar-refractivity contribution in [2.75, 3.05) is 7.11 Å². The number of amides is 2. The zero-order valence-electron chi connectivity index (χ0n) is 17.0. The first-order valence-corrected chi connectivity index (χ1v) is 10.5. The lowest BCUT2D eigenvalue weighted by atomic mass is 9.84. The molecular formula is C22H24ClF2N3O3. The van der Waals surface area contributed by atoms with E-state index in [1.165, 1.54) is 31.5 Å². The SMILES string of the molecule is COC(=O)NC(C(=O)NC1CCCCC1)C(c1cncc(F)c1)c1ccc(Cl)c(F)c1. The third-order valence-electron chi connectivity index (χ3n) is 5.41. The Kier molecular flexibility index (Phi) is 7.79. The van der Waals surface area contributed by atoms with E-state index in [2.05, 4.69) is 15.6 Å². The number of nitrogens with one attached hydrogen (secondary N) is 2. The molecule has 0 aliphatic heterocycles. The summed E-state index contributed by atoms with van der Waals surface area (Å²) >= 11 is 5.82. The highest BCUT2D eigenvalue weighted by atomic mass is 35.5. The Balaban J connectivity index is 2.03. The average Bonchev–Trinajstić information content (AvgIpc) is 2.76. The highest BCUT2D eigenvalue weighted by Crippen LogP contribution is 2.31. The summed E-state index contributed by atoms with van der Waals surface area (Å²) in [6.07, 6.45) is 6.33. The van der Waals surface area contributed by atoms with Gasteiger partial charge in [-0.15, -0.1) is 0 Å². The van der Waals surface area contributed by atoms with Crippen molar-refractivity contribution in [1.82, 2.24) is 15.6 Å². The van der Waals surface area contributed by atoms with Gasteiger partial charge >= 0.3 is 6.09 Å². The van der Waals surface area contributed by atoms with Crippen LogP contribution in [-0.4, -0.2) is 36.2 Å². The lowest BCUT2D eigenvalue weighted by Gasteiger charge is -2.30. The molecule has 1 aromatic carbocycles. The summed E-state index contributed by atoms with van der Waals surface area (Å²) in [5.41, 5.74) is 0.622. The van der Waals surface area contributed by atoms with E-state index >= 15 is 0 Å². The van der Waals surface area contributed by atoms with Gasteiger partial charge in [-0.05, 0) is 42.2 Å². The van der Waals surface area contributed by atoms with Gasteiger partial charge in [0.15, 0.2) is 0 Å². The van der Waals surface area contributed by atoms with Gasteiger partial charge in [0.05, 0.1) is 18.3 Å². The van der Waals surface area contributed by atoms with Crippen molar-refractivity contribution in [3.63, 3.8) is 0 Å². The van der Waals surface area contributed by atoms with Crippen LogP contribution in [0, 0.1) is 11.6 Å². The molecule has 0 saturated heterocycles. The zero-order valence-corrected chi connectivity index (χ0v) is 17.8. The van der Waals surface area contributed by atoms with Gasteiger partial charge < -0.3 is 15.4 Å². The molecule has 1 aliphatic carbocycles. The molecule has 2 N–H and O–H groups in total. The number of ether oxygens (including phenoxy) is 1. The normalized spacial score (nSPS) is 16.3. The van der Waals surface area contributed by atoms with E-state index in [0.717, 1.165) is 44.4 Å². The number of methoxy groups -OCH3 is 1. The van der Waals surface area contributed by atoms with Gasteiger partial charge in [-0.2, -0.15) is 0 Å². The van der Waals surface area contributed by atoms with Crippen LogP contribution in [0.5, 0.6) is 0 Å². The van der Waals surface area contributed by atoms with E-state index in [4.69, 9.17) is 16.3 Å². The lowest BCUT2D eigenvalue weighted by Crippen LogP contribution is -2.53.